The zero-order valence-corrected chi connectivity index (χ0v) is 12.5. The molecule has 0 saturated heterocycles. The first-order valence-electron chi connectivity index (χ1n) is 6.15. The lowest BCUT2D eigenvalue weighted by Gasteiger charge is -1.99. The minimum atomic E-state index is -1.58. The monoisotopic (exact) mass is 368 g/mol. The Bertz CT molecular complexity index is 905. The highest BCUT2D eigenvalue weighted by molar-refractivity contribution is 9.10. The molecule has 0 aliphatic rings. The Labute approximate surface area is 131 Å². The van der Waals surface area contributed by atoms with Crippen molar-refractivity contribution in [1.82, 2.24) is 4.98 Å². The summed E-state index contributed by atoms with van der Waals surface area (Å²) < 4.78 is 40.4. The molecular weight excluding hydrogens is 361 g/mol. The van der Waals surface area contributed by atoms with Crippen LogP contribution in [-0.4, -0.2) is 16.3 Å². The van der Waals surface area contributed by atoms with Crippen LogP contribution in [0, 0.1) is 17.5 Å². The first-order chi connectivity index (χ1) is 10.5. The maximum Gasteiger partial charge on any atom is 0.198 e. The molecule has 0 unspecified atom stereocenters. The number of aromatic amines is 1. The van der Waals surface area contributed by atoms with Crippen molar-refractivity contribution in [1.29, 1.82) is 0 Å². The van der Waals surface area contributed by atoms with E-state index in [2.05, 4.69) is 25.9 Å². The summed E-state index contributed by atoms with van der Waals surface area (Å²) in [5, 5.41) is 10.5. The van der Waals surface area contributed by atoms with Gasteiger partial charge in [0.15, 0.2) is 23.3 Å². The molecule has 3 aromatic rings. The second-order valence-corrected chi connectivity index (χ2v) is 5.45. The number of H-pyrrole nitrogens is 1. The van der Waals surface area contributed by atoms with Crippen molar-refractivity contribution in [3.8, 4) is 5.88 Å². The van der Waals surface area contributed by atoms with E-state index >= 15 is 0 Å². The van der Waals surface area contributed by atoms with Crippen molar-refractivity contribution in [3.05, 3.63) is 57.8 Å². The van der Waals surface area contributed by atoms with Gasteiger partial charge in [0.2, 0.25) is 0 Å². The molecule has 0 aliphatic carbocycles. The summed E-state index contributed by atoms with van der Waals surface area (Å²) in [6.07, 6.45) is 1.19. The number of nitrogens with zero attached hydrogens (tertiary/aromatic N) is 1. The highest BCUT2D eigenvalue weighted by Gasteiger charge is 2.13. The molecule has 3 rings (SSSR count). The van der Waals surface area contributed by atoms with Gasteiger partial charge in [-0.2, -0.15) is 0 Å². The lowest BCUT2D eigenvalue weighted by molar-refractivity contribution is 0.448. The van der Waals surface area contributed by atoms with Crippen LogP contribution in [0.5, 0.6) is 5.88 Å². The van der Waals surface area contributed by atoms with Gasteiger partial charge in [0.25, 0.3) is 0 Å². The molecule has 1 aromatic heterocycles. The molecule has 0 amide bonds. The van der Waals surface area contributed by atoms with Crippen molar-refractivity contribution in [2.45, 2.75) is 0 Å². The number of hydrogen-bond acceptors (Lipinski definition) is 2. The van der Waals surface area contributed by atoms with Crippen molar-refractivity contribution >= 4 is 38.7 Å². The molecule has 1 heterocycles. The standard InChI is InChI=1S/C15H8BrF3N2O/c16-7-1-3-11-8(5-7)9(15(22)21-11)6-20-12-4-2-10(17)13(18)14(12)19/h1-6,21-22H. The van der Waals surface area contributed by atoms with Gasteiger partial charge < -0.3 is 10.1 Å². The predicted molar refractivity (Wildman–Crippen MR) is 81.2 cm³/mol. The number of rotatable bonds is 2. The smallest absolute Gasteiger partial charge is 0.198 e. The van der Waals surface area contributed by atoms with Gasteiger partial charge in [-0.05, 0) is 30.3 Å². The van der Waals surface area contributed by atoms with Gasteiger partial charge in [-0.25, -0.2) is 13.2 Å². The average Bonchev–Trinajstić information content (AvgIpc) is 2.79. The number of fused-ring (bicyclic) bond motifs is 1. The van der Waals surface area contributed by atoms with Crippen LogP contribution >= 0.6 is 15.9 Å². The second kappa shape index (κ2) is 5.49. The summed E-state index contributed by atoms with van der Waals surface area (Å²) in [5.41, 5.74) is 0.621. The minimum absolute atomic E-state index is 0.153. The molecule has 22 heavy (non-hydrogen) atoms. The van der Waals surface area contributed by atoms with E-state index in [9.17, 15) is 18.3 Å². The fourth-order valence-electron chi connectivity index (χ4n) is 2.05. The molecule has 2 N–H and O–H groups in total. The van der Waals surface area contributed by atoms with Gasteiger partial charge in [0, 0.05) is 21.6 Å². The Morgan fingerprint density at radius 3 is 2.64 bits per heavy atom. The molecule has 0 radical (unpaired) electrons. The zero-order chi connectivity index (χ0) is 15.9. The van der Waals surface area contributed by atoms with E-state index in [1.54, 1.807) is 18.2 Å². The van der Waals surface area contributed by atoms with Crippen molar-refractivity contribution in [3.63, 3.8) is 0 Å². The number of aromatic nitrogens is 1. The van der Waals surface area contributed by atoms with Crippen LogP contribution in [-0.2, 0) is 0 Å². The number of aromatic hydroxyl groups is 1. The van der Waals surface area contributed by atoms with Crippen molar-refractivity contribution < 1.29 is 18.3 Å². The predicted octanol–water partition coefficient (Wildman–Crippen LogP) is 4.80. The van der Waals surface area contributed by atoms with E-state index in [4.69, 9.17) is 0 Å². The maximum absolute atomic E-state index is 13.6. The maximum atomic E-state index is 13.6. The van der Waals surface area contributed by atoms with Crippen LogP contribution in [0.3, 0.4) is 0 Å². The quantitative estimate of drug-likeness (QED) is 0.495. The molecule has 3 nitrogen and oxygen atoms in total. The number of halogens is 4. The van der Waals surface area contributed by atoms with E-state index in [0.29, 0.717) is 16.5 Å². The largest absolute Gasteiger partial charge is 0.494 e. The molecule has 0 fully saturated rings. The molecule has 0 aliphatic heterocycles. The summed E-state index contributed by atoms with van der Waals surface area (Å²) in [6, 6.07) is 7.08. The van der Waals surface area contributed by atoms with E-state index in [1.807, 2.05) is 0 Å². The van der Waals surface area contributed by atoms with Crippen LogP contribution in [0.1, 0.15) is 5.56 Å². The van der Waals surface area contributed by atoms with Crippen LogP contribution in [0.25, 0.3) is 10.9 Å². The first kappa shape index (κ1) is 14.6. The molecule has 7 heteroatoms. The first-order valence-corrected chi connectivity index (χ1v) is 6.94. The number of benzene rings is 2. The number of hydrogen-bond donors (Lipinski definition) is 2. The molecule has 0 bridgehead atoms. The lowest BCUT2D eigenvalue weighted by atomic mass is 10.2. The van der Waals surface area contributed by atoms with E-state index in [0.717, 1.165) is 16.6 Å². The molecular formula is C15H8BrF3N2O. The van der Waals surface area contributed by atoms with Gasteiger partial charge >= 0.3 is 0 Å². The zero-order valence-electron chi connectivity index (χ0n) is 10.9. The Balaban J connectivity index is 2.08. The van der Waals surface area contributed by atoms with Gasteiger partial charge in [-0.1, -0.05) is 15.9 Å². The van der Waals surface area contributed by atoms with E-state index in [1.165, 1.54) is 6.21 Å². The molecule has 2 aromatic carbocycles. The third-order valence-electron chi connectivity index (χ3n) is 3.13. The topological polar surface area (TPSA) is 48.4 Å². The van der Waals surface area contributed by atoms with Crippen LogP contribution in [0.15, 0.2) is 39.8 Å². The lowest BCUT2D eigenvalue weighted by Crippen LogP contribution is -1.90. The third kappa shape index (κ3) is 2.48. The summed E-state index contributed by atoms with van der Waals surface area (Å²) in [4.78, 5) is 6.53. The van der Waals surface area contributed by atoms with Crippen LogP contribution < -0.4 is 0 Å². The normalized spacial score (nSPS) is 11.6. The molecule has 0 saturated carbocycles. The highest BCUT2D eigenvalue weighted by Crippen LogP contribution is 2.29. The average molecular weight is 369 g/mol. The number of nitrogens with one attached hydrogen (secondary N) is 1. The molecule has 112 valence electrons. The van der Waals surface area contributed by atoms with Crippen molar-refractivity contribution in [2.75, 3.05) is 0 Å². The highest BCUT2D eigenvalue weighted by atomic mass is 79.9. The van der Waals surface area contributed by atoms with Crippen LogP contribution in [0.2, 0.25) is 0 Å². The summed E-state index contributed by atoms with van der Waals surface area (Å²) in [5.74, 6) is -4.40. The SMILES string of the molecule is Oc1[nH]c2ccc(Br)cc2c1C=Nc1ccc(F)c(F)c1F. The van der Waals surface area contributed by atoms with Gasteiger partial charge in [0.05, 0.1) is 5.56 Å². The summed E-state index contributed by atoms with van der Waals surface area (Å²) in [6.45, 7) is 0. The summed E-state index contributed by atoms with van der Waals surface area (Å²) >= 11 is 3.31. The Kier molecular flexibility index (Phi) is 3.66. The van der Waals surface area contributed by atoms with E-state index < -0.39 is 17.5 Å². The fraction of sp³-hybridized carbons (Fsp3) is 0. The van der Waals surface area contributed by atoms with E-state index in [-0.39, 0.29) is 11.6 Å². The van der Waals surface area contributed by atoms with Gasteiger partial charge in [0.1, 0.15) is 5.69 Å². The van der Waals surface area contributed by atoms with Crippen molar-refractivity contribution in [2.24, 2.45) is 4.99 Å². The Hall–Kier alpha value is -2.28. The minimum Gasteiger partial charge on any atom is -0.494 e. The Morgan fingerprint density at radius 1 is 1.09 bits per heavy atom. The van der Waals surface area contributed by atoms with Gasteiger partial charge in [-0.15, -0.1) is 0 Å². The fourth-order valence-corrected chi connectivity index (χ4v) is 2.41. The Morgan fingerprint density at radius 2 is 1.86 bits per heavy atom. The third-order valence-corrected chi connectivity index (χ3v) is 3.62. The molecule has 0 spiro atoms. The van der Waals surface area contributed by atoms with Gasteiger partial charge in [-0.3, -0.25) is 4.99 Å². The molecule has 0 atom stereocenters. The summed E-state index contributed by atoms with van der Waals surface area (Å²) in [7, 11) is 0. The van der Waals surface area contributed by atoms with Crippen LogP contribution in [0.4, 0.5) is 18.9 Å². The second-order valence-electron chi connectivity index (χ2n) is 4.53. The number of aliphatic imine (C=N–C) groups is 1.